The van der Waals surface area contributed by atoms with E-state index in [0.717, 1.165) is 51.1 Å². The third kappa shape index (κ3) is 7.36. The lowest BCUT2D eigenvalue weighted by molar-refractivity contribution is -0.161. The van der Waals surface area contributed by atoms with Crippen molar-refractivity contribution in [1.82, 2.24) is 24.9 Å². The molecular weight excluding hydrogens is 533 g/mol. The summed E-state index contributed by atoms with van der Waals surface area (Å²) < 4.78 is 2.14. The lowest BCUT2D eigenvalue weighted by Gasteiger charge is -2.52. The molecule has 2 fully saturated rings. The fourth-order valence-electron chi connectivity index (χ4n) is 6.01. The van der Waals surface area contributed by atoms with Crippen LogP contribution in [0.15, 0.2) is 30.3 Å². The Labute approximate surface area is 246 Å². The van der Waals surface area contributed by atoms with Gasteiger partial charge in [0.2, 0.25) is 11.8 Å². The van der Waals surface area contributed by atoms with Gasteiger partial charge in [0.25, 0.3) is 0 Å². The molecule has 4 rings (SSSR count). The number of hydrogen-bond donors (Lipinski definition) is 1. The highest BCUT2D eigenvalue weighted by molar-refractivity contribution is 6.00. The maximum absolute atomic E-state index is 13.5. The molecule has 1 aromatic heterocycles. The molecule has 1 aromatic carbocycles. The molecule has 2 aromatic rings. The van der Waals surface area contributed by atoms with E-state index < -0.39 is 5.54 Å². The first-order valence-corrected chi connectivity index (χ1v) is 14.2. The molecule has 1 atom stereocenters. The predicted molar refractivity (Wildman–Crippen MR) is 162 cm³/mol. The first-order chi connectivity index (χ1) is 17.7. The number of halogens is 2. The Kier molecular flexibility index (Phi) is 12.3. The van der Waals surface area contributed by atoms with E-state index in [-0.39, 0.29) is 42.7 Å². The number of carbonyl (C=O) groups excluding carboxylic acids is 2. The van der Waals surface area contributed by atoms with Gasteiger partial charge in [0.15, 0.2) is 0 Å². The second-order valence-corrected chi connectivity index (χ2v) is 11.4. The van der Waals surface area contributed by atoms with Gasteiger partial charge in [-0.25, -0.2) is 0 Å². The van der Waals surface area contributed by atoms with Gasteiger partial charge in [-0.3, -0.25) is 19.2 Å². The number of piperazine rings is 1. The van der Waals surface area contributed by atoms with E-state index in [1.807, 2.05) is 11.0 Å². The number of nitrogens with zero attached hydrogens (tertiary/aromatic N) is 4. The Hall–Kier alpha value is -2.09. The fraction of sp³-hybridized carbons (Fsp3) is 0.633. The Balaban J connectivity index is 0.00000267. The van der Waals surface area contributed by atoms with Crippen LogP contribution in [0.25, 0.3) is 0 Å². The molecule has 218 valence electrons. The van der Waals surface area contributed by atoms with E-state index in [1.165, 1.54) is 16.8 Å². The van der Waals surface area contributed by atoms with Gasteiger partial charge < -0.3 is 10.2 Å². The van der Waals surface area contributed by atoms with Crippen molar-refractivity contribution in [2.75, 3.05) is 19.6 Å². The van der Waals surface area contributed by atoms with Crippen LogP contribution in [0.4, 0.5) is 0 Å². The summed E-state index contributed by atoms with van der Waals surface area (Å²) in [7, 11) is 0. The normalized spacial score (nSPS) is 19.1. The molecule has 2 aliphatic heterocycles. The summed E-state index contributed by atoms with van der Waals surface area (Å²) in [6, 6.07) is 10.2. The number of piperidine rings is 1. The number of carbonyl (C=O) groups is 2. The molecule has 2 aliphatic rings. The number of benzene rings is 1. The third-order valence-electron chi connectivity index (χ3n) is 8.30. The summed E-state index contributed by atoms with van der Waals surface area (Å²) in [6.45, 7) is 14.6. The zero-order valence-corrected chi connectivity index (χ0v) is 25.9. The minimum atomic E-state index is -0.708. The van der Waals surface area contributed by atoms with Crippen LogP contribution in [-0.2, 0) is 29.1 Å². The maximum atomic E-state index is 13.5. The molecule has 1 N–H and O–H groups in total. The molecule has 1 spiro atoms. The zero-order chi connectivity index (χ0) is 26.6. The largest absolute Gasteiger partial charge is 0.342 e. The van der Waals surface area contributed by atoms with Crippen LogP contribution in [0, 0.1) is 19.8 Å². The summed E-state index contributed by atoms with van der Waals surface area (Å²) in [5.74, 6) is 0.523. The number of nitrogens with one attached hydrogen (secondary N) is 1. The SMILES string of the molecule is CCCCN1C(=O)[C@H](CC(C)C)NC(=O)C12CCN(Cc1c(C)nn(CCc3ccccc3)c1C)CC2.Cl.Cl. The lowest BCUT2D eigenvalue weighted by Crippen LogP contribution is -2.73. The summed E-state index contributed by atoms with van der Waals surface area (Å²) in [4.78, 5) is 31.4. The van der Waals surface area contributed by atoms with Gasteiger partial charge in [0.05, 0.1) is 5.69 Å². The topological polar surface area (TPSA) is 70.5 Å². The van der Waals surface area contributed by atoms with Crippen molar-refractivity contribution in [3.8, 4) is 0 Å². The van der Waals surface area contributed by atoms with Crippen LogP contribution < -0.4 is 5.32 Å². The maximum Gasteiger partial charge on any atom is 0.246 e. The molecule has 3 heterocycles. The summed E-state index contributed by atoms with van der Waals surface area (Å²) in [6.07, 6.45) is 4.96. The number of rotatable bonds is 10. The third-order valence-corrected chi connectivity index (χ3v) is 8.30. The molecule has 0 unspecified atom stereocenters. The van der Waals surface area contributed by atoms with E-state index in [0.29, 0.717) is 31.7 Å². The van der Waals surface area contributed by atoms with Crippen molar-refractivity contribution in [2.45, 2.75) is 97.8 Å². The van der Waals surface area contributed by atoms with Crippen LogP contribution in [0.2, 0.25) is 0 Å². The smallest absolute Gasteiger partial charge is 0.246 e. The van der Waals surface area contributed by atoms with E-state index in [2.05, 4.69) is 73.8 Å². The molecular formula is C30H47Cl2N5O2. The van der Waals surface area contributed by atoms with Crippen molar-refractivity contribution in [3.05, 3.63) is 52.8 Å². The van der Waals surface area contributed by atoms with Gasteiger partial charge in [-0.15, -0.1) is 24.8 Å². The first kappa shape index (κ1) is 33.1. The molecule has 2 amide bonds. The Bertz CT molecular complexity index is 1080. The number of amides is 2. The van der Waals surface area contributed by atoms with Crippen LogP contribution in [-0.4, -0.2) is 62.6 Å². The molecule has 7 nitrogen and oxygen atoms in total. The van der Waals surface area contributed by atoms with E-state index in [1.54, 1.807) is 0 Å². The van der Waals surface area contributed by atoms with Crippen molar-refractivity contribution >= 4 is 36.6 Å². The van der Waals surface area contributed by atoms with Crippen LogP contribution >= 0.6 is 24.8 Å². The highest BCUT2D eigenvalue weighted by Crippen LogP contribution is 2.35. The van der Waals surface area contributed by atoms with Crippen molar-refractivity contribution < 1.29 is 9.59 Å². The fourth-order valence-corrected chi connectivity index (χ4v) is 6.01. The monoisotopic (exact) mass is 579 g/mol. The summed E-state index contributed by atoms with van der Waals surface area (Å²) >= 11 is 0. The standard InChI is InChI=1S/C30H45N5O2.2ClH/c1-6-7-16-34-28(36)27(20-22(2)3)31-29(37)30(34)14-18-33(19-15-30)21-26-23(4)32-35(24(26)5)17-13-25-11-9-8-10-12-25;;/h8-12,22,27H,6-7,13-21H2,1-5H3,(H,31,37);2*1H/t27-;;/m0../s1. The van der Waals surface area contributed by atoms with Crippen LogP contribution in [0.1, 0.15) is 75.4 Å². The van der Waals surface area contributed by atoms with E-state index in [4.69, 9.17) is 5.10 Å². The van der Waals surface area contributed by atoms with Crippen molar-refractivity contribution in [3.63, 3.8) is 0 Å². The zero-order valence-electron chi connectivity index (χ0n) is 24.2. The molecule has 9 heteroatoms. The first-order valence-electron chi connectivity index (χ1n) is 14.2. The van der Waals surface area contributed by atoms with E-state index in [9.17, 15) is 9.59 Å². The Morgan fingerprint density at radius 2 is 1.72 bits per heavy atom. The van der Waals surface area contributed by atoms with E-state index >= 15 is 0 Å². The predicted octanol–water partition coefficient (Wildman–Crippen LogP) is 5.09. The highest BCUT2D eigenvalue weighted by atomic mass is 35.5. The molecule has 39 heavy (non-hydrogen) atoms. The van der Waals surface area contributed by atoms with Gasteiger partial charge in [0.1, 0.15) is 11.6 Å². The second kappa shape index (κ2) is 14.5. The second-order valence-electron chi connectivity index (χ2n) is 11.4. The summed E-state index contributed by atoms with van der Waals surface area (Å²) in [5.41, 5.74) is 4.20. The van der Waals surface area contributed by atoms with Gasteiger partial charge in [-0.2, -0.15) is 5.10 Å². The Morgan fingerprint density at radius 1 is 1.05 bits per heavy atom. The number of unbranched alkanes of at least 4 members (excludes halogenated alkanes) is 1. The summed E-state index contributed by atoms with van der Waals surface area (Å²) in [5, 5.41) is 7.96. The van der Waals surface area contributed by atoms with Gasteiger partial charge in [-0.1, -0.05) is 57.5 Å². The van der Waals surface area contributed by atoms with Gasteiger partial charge >= 0.3 is 0 Å². The molecule has 0 aliphatic carbocycles. The van der Waals surface area contributed by atoms with Crippen LogP contribution in [0.3, 0.4) is 0 Å². The molecule has 0 radical (unpaired) electrons. The van der Waals surface area contributed by atoms with Crippen molar-refractivity contribution in [1.29, 1.82) is 0 Å². The van der Waals surface area contributed by atoms with Gasteiger partial charge in [-0.05, 0) is 57.4 Å². The number of aryl methyl sites for hydroxylation is 3. The average Bonchev–Trinajstić information content (AvgIpc) is 3.15. The average molecular weight is 581 g/mol. The molecule has 0 bridgehead atoms. The van der Waals surface area contributed by atoms with Gasteiger partial charge in [0, 0.05) is 44.0 Å². The van der Waals surface area contributed by atoms with Crippen molar-refractivity contribution in [2.24, 2.45) is 5.92 Å². The minimum absolute atomic E-state index is 0. The molecule has 2 saturated heterocycles. The quantitative estimate of drug-likeness (QED) is 0.425. The number of hydrogen-bond acceptors (Lipinski definition) is 4. The molecule has 0 saturated carbocycles. The minimum Gasteiger partial charge on any atom is -0.342 e. The highest BCUT2D eigenvalue weighted by Gasteiger charge is 2.53. The van der Waals surface area contributed by atoms with Crippen LogP contribution in [0.5, 0.6) is 0 Å². The number of aromatic nitrogens is 2. The Morgan fingerprint density at radius 3 is 2.33 bits per heavy atom. The number of likely N-dealkylation sites (tertiary alicyclic amines) is 1. The lowest BCUT2D eigenvalue weighted by atomic mass is 9.80.